The van der Waals surface area contributed by atoms with Gasteiger partial charge in [-0.05, 0) is 50.9 Å². The molecular weight excluding hydrogens is 196 g/mol. The molecule has 16 heavy (non-hydrogen) atoms. The van der Waals surface area contributed by atoms with Crippen LogP contribution in [0.4, 0.5) is 0 Å². The van der Waals surface area contributed by atoms with Gasteiger partial charge < -0.3 is 4.79 Å². The Bertz CT molecular complexity index is 240. The molecule has 0 heterocycles. The molecule has 90 valence electrons. The van der Waals surface area contributed by atoms with Gasteiger partial charge in [0.15, 0.2) is 0 Å². The summed E-state index contributed by atoms with van der Waals surface area (Å²) in [6.07, 6.45) is 18.5. The number of aldehydes is 1. The predicted molar refractivity (Wildman–Crippen MR) is 69.3 cm³/mol. The molecular formula is C15H24O. The van der Waals surface area contributed by atoms with Crippen LogP contribution in [0.2, 0.25) is 0 Å². The summed E-state index contributed by atoms with van der Waals surface area (Å²) >= 11 is 0. The van der Waals surface area contributed by atoms with E-state index in [9.17, 15) is 4.79 Å². The lowest BCUT2D eigenvalue weighted by molar-refractivity contribution is -0.112. The summed E-state index contributed by atoms with van der Waals surface area (Å²) in [6, 6.07) is 0. The second-order valence-electron chi connectivity index (χ2n) is 4.78. The normalized spacial score (nSPS) is 29.4. The van der Waals surface area contributed by atoms with Crippen LogP contribution < -0.4 is 0 Å². The van der Waals surface area contributed by atoms with E-state index in [1.165, 1.54) is 32.1 Å². The summed E-state index contributed by atoms with van der Waals surface area (Å²) in [5, 5.41) is 0. The van der Waals surface area contributed by atoms with Crippen molar-refractivity contribution in [2.45, 2.75) is 51.9 Å². The van der Waals surface area contributed by atoms with Gasteiger partial charge in [-0.3, -0.25) is 0 Å². The van der Waals surface area contributed by atoms with Crippen LogP contribution in [0.1, 0.15) is 51.9 Å². The highest BCUT2D eigenvalue weighted by molar-refractivity contribution is 5.53. The van der Waals surface area contributed by atoms with Gasteiger partial charge in [0.05, 0.1) is 0 Å². The van der Waals surface area contributed by atoms with Crippen LogP contribution in [0, 0.1) is 11.8 Å². The minimum atomic E-state index is 0.223. The molecule has 0 aromatic carbocycles. The van der Waals surface area contributed by atoms with Gasteiger partial charge in [0.2, 0.25) is 0 Å². The number of allylic oxidation sites excluding steroid dienone is 4. The molecule has 0 aromatic rings. The molecule has 0 bridgehead atoms. The maximum atomic E-state index is 10.8. The fourth-order valence-corrected chi connectivity index (χ4v) is 2.25. The van der Waals surface area contributed by atoms with Crippen molar-refractivity contribution in [3.8, 4) is 0 Å². The van der Waals surface area contributed by atoms with E-state index in [1.54, 1.807) is 0 Å². The molecule has 1 aliphatic carbocycles. The van der Waals surface area contributed by atoms with Gasteiger partial charge in [-0.25, -0.2) is 0 Å². The summed E-state index contributed by atoms with van der Waals surface area (Å²) in [7, 11) is 0. The molecule has 1 nitrogen and oxygen atoms in total. The first-order valence-corrected chi connectivity index (χ1v) is 6.60. The zero-order valence-electron chi connectivity index (χ0n) is 10.4. The Balaban J connectivity index is 2.47. The van der Waals surface area contributed by atoms with Gasteiger partial charge >= 0.3 is 0 Å². The average Bonchev–Trinajstić information content (AvgIpc) is 2.29. The van der Waals surface area contributed by atoms with Crippen LogP contribution in [-0.2, 0) is 4.79 Å². The SMILES string of the molecule is CC(C=O)C1CC/C=C\CC/C=C/CCC1. The summed E-state index contributed by atoms with van der Waals surface area (Å²) < 4.78 is 0. The van der Waals surface area contributed by atoms with Crippen molar-refractivity contribution >= 4 is 6.29 Å². The monoisotopic (exact) mass is 220 g/mol. The van der Waals surface area contributed by atoms with E-state index in [0.29, 0.717) is 5.92 Å². The van der Waals surface area contributed by atoms with Crippen LogP contribution in [0.15, 0.2) is 24.3 Å². The van der Waals surface area contributed by atoms with E-state index >= 15 is 0 Å². The first-order chi connectivity index (χ1) is 7.84. The molecule has 1 heteroatoms. The Kier molecular flexibility index (Phi) is 6.87. The van der Waals surface area contributed by atoms with E-state index in [2.05, 4.69) is 31.2 Å². The Morgan fingerprint density at radius 1 is 1.00 bits per heavy atom. The Morgan fingerprint density at radius 3 is 2.31 bits per heavy atom. The summed E-state index contributed by atoms with van der Waals surface area (Å²) in [5.74, 6) is 0.801. The Labute approximate surface area is 99.6 Å². The van der Waals surface area contributed by atoms with Crippen molar-refractivity contribution < 1.29 is 4.79 Å². The third-order valence-electron chi connectivity index (χ3n) is 3.44. The quantitative estimate of drug-likeness (QED) is 0.501. The van der Waals surface area contributed by atoms with E-state index in [-0.39, 0.29) is 5.92 Å². The lowest BCUT2D eigenvalue weighted by Gasteiger charge is -2.18. The zero-order valence-corrected chi connectivity index (χ0v) is 10.4. The fourth-order valence-electron chi connectivity index (χ4n) is 2.25. The topological polar surface area (TPSA) is 17.1 Å². The van der Waals surface area contributed by atoms with Gasteiger partial charge in [-0.1, -0.05) is 31.2 Å². The lowest BCUT2D eigenvalue weighted by Crippen LogP contribution is -2.13. The molecule has 0 spiro atoms. The van der Waals surface area contributed by atoms with Crippen LogP contribution in [-0.4, -0.2) is 6.29 Å². The maximum absolute atomic E-state index is 10.8. The molecule has 1 rings (SSSR count). The third-order valence-corrected chi connectivity index (χ3v) is 3.44. The number of carbonyl (C=O) groups is 1. The van der Waals surface area contributed by atoms with Crippen molar-refractivity contribution in [3.63, 3.8) is 0 Å². The largest absolute Gasteiger partial charge is 0.303 e. The number of hydrogen-bond donors (Lipinski definition) is 0. The molecule has 0 fully saturated rings. The van der Waals surface area contributed by atoms with Crippen LogP contribution in [0.5, 0.6) is 0 Å². The fraction of sp³-hybridized carbons (Fsp3) is 0.667. The smallest absolute Gasteiger partial charge is 0.123 e. The van der Waals surface area contributed by atoms with Crippen molar-refractivity contribution in [2.75, 3.05) is 0 Å². The van der Waals surface area contributed by atoms with Crippen LogP contribution in [0.3, 0.4) is 0 Å². The molecule has 0 N–H and O–H groups in total. The second kappa shape index (κ2) is 8.32. The minimum absolute atomic E-state index is 0.223. The molecule has 1 aliphatic rings. The Morgan fingerprint density at radius 2 is 1.62 bits per heavy atom. The zero-order chi connectivity index (χ0) is 11.6. The van der Waals surface area contributed by atoms with Gasteiger partial charge in [0, 0.05) is 5.92 Å². The predicted octanol–water partition coefficient (Wildman–Crippen LogP) is 4.29. The van der Waals surface area contributed by atoms with E-state index in [1.807, 2.05) is 0 Å². The standard InChI is InChI=1S/C15H24O/c1-14(13-16)15-11-9-7-5-3-2-4-6-8-10-12-15/h3,5-6,8,13-15H,2,4,7,9-12H2,1H3/b5-3+,8-6-. The highest BCUT2D eigenvalue weighted by Crippen LogP contribution is 2.23. The lowest BCUT2D eigenvalue weighted by atomic mass is 9.86. The molecule has 0 saturated heterocycles. The first-order valence-electron chi connectivity index (χ1n) is 6.60. The molecule has 0 aliphatic heterocycles. The van der Waals surface area contributed by atoms with Crippen molar-refractivity contribution in [1.82, 2.24) is 0 Å². The highest BCUT2D eigenvalue weighted by Gasteiger charge is 2.15. The summed E-state index contributed by atoms with van der Waals surface area (Å²) in [6.45, 7) is 2.06. The number of rotatable bonds is 2. The average molecular weight is 220 g/mol. The molecule has 0 amide bonds. The maximum Gasteiger partial charge on any atom is 0.123 e. The molecule has 0 radical (unpaired) electrons. The van der Waals surface area contributed by atoms with Gasteiger partial charge in [-0.15, -0.1) is 0 Å². The summed E-state index contributed by atoms with van der Waals surface area (Å²) in [4.78, 5) is 10.8. The summed E-state index contributed by atoms with van der Waals surface area (Å²) in [5.41, 5.74) is 0. The molecule has 2 unspecified atom stereocenters. The van der Waals surface area contributed by atoms with Gasteiger partial charge in [-0.2, -0.15) is 0 Å². The van der Waals surface area contributed by atoms with Crippen LogP contribution in [0.25, 0.3) is 0 Å². The van der Waals surface area contributed by atoms with Crippen molar-refractivity contribution in [2.24, 2.45) is 11.8 Å². The Hall–Kier alpha value is -0.850. The van der Waals surface area contributed by atoms with Crippen molar-refractivity contribution in [3.05, 3.63) is 24.3 Å². The van der Waals surface area contributed by atoms with Gasteiger partial charge in [0.1, 0.15) is 6.29 Å². The number of carbonyl (C=O) groups excluding carboxylic acids is 1. The first kappa shape index (κ1) is 13.2. The van der Waals surface area contributed by atoms with Crippen molar-refractivity contribution in [1.29, 1.82) is 0 Å². The third kappa shape index (κ3) is 5.29. The number of hydrogen-bond acceptors (Lipinski definition) is 1. The van der Waals surface area contributed by atoms with Gasteiger partial charge in [0.25, 0.3) is 0 Å². The second-order valence-corrected chi connectivity index (χ2v) is 4.78. The van der Waals surface area contributed by atoms with E-state index in [0.717, 1.165) is 19.1 Å². The highest BCUT2D eigenvalue weighted by atomic mass is 16.1. The molecule has 2 atom stereocenters. The molecule has 0 aromatic heterocycles. The van der Waals surface area contributed by atoms with Crippen LogP contribution >= 0.6 is 0 Å². The van der Waals surface area contributed by atoms with E-state index < -0.39 is 0 Å². The molecule has 0 saturated carbocycles. The minimum Gasteiger partial charge on any atom is -0.303 e. The van der Waals surface area contributed by atoms with E-state index in [4.69, 9.17) is 0 Å².